The fraction of sp³-hybridized carbons (Fsp3) is 0.790. The molecule has 0 bridgehead atoms. The Balaban J connectivity index is 1.65. The number of rotatable bonds is 47. The van der Waals surface area contributed by atoms with E-state index in [1.807, 2.05) is 0 Å². The molecule has 14 heteroatoms. The summed E-state index contributed by atoms with van der Waals surface area (Å²) in [5.74, 6) is -0.213. The summed E-state index contributed by atoms with van der Waals surface area (Å²) in [7, 11) is 0. The van der Waals surface area contributed by atoms with E-state index in [1.165, 1.54) is 96.3 Å². The summed E-state index contributed by atoms with van der Waals surface area (Å²) in [6.45, 7) is 2.72. The van der Waals surface area contributed by atoms with E-state index in [0.29, 0.717) is 12.8 Å². The molecule has 0 saturated carbocycles. The van der Waals surface area contributed by atoms with Gasteiger partial charge < -0.3 is 65.1 Å². The van der Waals surface area contributed by atoms with E-state index >= 15 is 0 Å². The maximum Gasteiger partial charge on any atom is 0.220 e. The third kappa shape index (κ3) is 32.5. The Bertz CT molecular complexity index is 1550. The van der Waals surface area contributed by atoms with Crippen molar-refractivity contribution in [2.75, 3.05) is 19.8 Å². The van der Waals surface area contributed by atoms with Gasteiger partial charge in [-0.05, 0) is 64.2 Å². The first kappa shape index (κ1) is 69.5. The Kier molecular flexibility index (Phi) is 43.2. The molecule has 0 aromatic carbocycles. The van der Waals surface area contributed by atoms with Crippen LogP contribution in [0, 0.1) is 0 Å². The number of carbonyl (C=O) groups is 1. The number of aliphatic hydroxyl groups excluding tert-OH is 8. The van der Waals surface area contributed by atoms with Gasteiger partial charge in [-0.15, -0.1) is 0 Å². The van der Waals surface area contributed by atoms with E-state index in [1.54, 1.807) is 0 Å². The van der Waals surface area contributed by atoms with Crippen LogP contribution in [-0.2, 0) is 23.7 Å². The van der Waals surface area contributed by atoms with Gasteiger partial charge in [-0.2, -0.15) is 0 Å². The maximum absolute atomic E-state index is 13.3. The molecule has 2 aliphatic rings. The molecule has 0 aliphatic carbocycles. The fourth-order valence-electron chi connectivity index (χ4n) is 9.59. The van der Waals surface area contributed by atoms with Crippen LogP contribution in [0.4, 0.5) is 0 Å². The lowest BCUT2D eigenvalue weighted by Gasteiger charge is -2.46. The largest absolute Gasteiger partial charge is 0.394 e. The van der Waals surface area contributed by atoms with Crippen LogP contribution in [0.25, 0.3) is 0 Å². The number of unbranched alkanes of at least 4 members (excludes halogenated alkanes) is 22. The monoisotopic (exact) mass is 1080 g/mol. The summed E-state index contributed by atoms with van der Waals surface area (Å²) in [5.41, 5.74) is 0. The second-order valence-electron chi connectivity index (χ2n) is 21.1. The minimum Gasteiger partial charge on any atom is -0.394 e. The number of aliphatic hydroxyl groups is 8. The van der Waals surface area contributed by atoms with Crippen LogP contribution < -0.4 is 5.32 Å². The lowest BCUT2D eigenvalue weighted by atomic mass is 9.97. The number of amides is 1. The number of hydrogen-bond acceptors (Lipinski definition) is 13. The number of carbonyl (C=O) groups excluding carboxylic acids is 1. The highest BCUT2D eigenvalue weighted by molar-refractivity contribution is 5.76. The van der Waals surface area contributed by atoms with Gasteiger partial charge in [0.15, 0.2) is 12.6 Å². The average molecular weight is 1080 g/mol. The van der Waals surface area contributed by atoms with Crippen LogP contribution in [0.5, 0.6) is 0 Å². The molecule has 0 aromatic heterocycles. The standard InChI is InChI=1S/C62H109NO13/c1-3-5-7-9-11-13-15-16-17-18-19-20-21-22-23-24-25-26-27-28-29-30-31-32-33-34-36-38-40-42-44-46-54(67)63-50(51(66)45-43-41-39-37-35-14-12-10-8-6-4-2)49-73-61-59(72)57(70)60(53(48-65)75-61)76-62-58(71)56(69)55(68)52(47-64)74-62/h5,7,11,13,16-17,19-20,22-23,25-26,50-53,55-62,64-66,68-72H,3-4,6,8-10,12,14-15,18,21,24,27-49H2,1-2H3,(H,63,67)/b7-5-,13-11-,17-16-,20-19-,23-22-,26-25-. The summed E-state index contributed by atoms with van der Waals surface area (Å²) in [5, 5.41) is 87.1. The second-order valence-corrected chi connectivity index (χ2v) is 21.1. The van der Waals surface area contributed by atoms with E-state index in [2.05, 4.69) is 92.1 Å². The third-order valence-electron chi connectivity index (χ3n) is 14.4. The molecular weight excluding hydrogens is 967 g/mol. The van der Waals surface area contributed by atoms with Crippen molar-refractivity contribution in [2.24, 2.45) is 0 Å². The van der Waals surface area contributed by atoms with Gasteiger partial charge in [-0.25, -0.2) is 0 Å². The molecule has 12 unspecified atom stereocenters. The predicted molar refractivity (Wildman–Crippen MR) is 304 cm³/mol. The SMILES string of the molecule is CC/C=C\C/C=C\C/C=C\C/C=C\C/C=C\C/C=C\CCCCCCCCCCCCCCC(=O)NC(COC1OC(CO)C(OC2OC(CO)C(O)C(O)C2O)C(O)C1O)C(O)CCCCCCCCCCCCC. The average Bonchev–Trinajstić information content (AvgIpc) is 3.42. The summed E-state index contributed by atoms with van der Waals surface area (Å²) in [6, 6.07) is -0.832. The summed E-state index contributed by atoms with van der Waals surface area (Å²) < 4.78 is 22.8. The summed E-state index contributed by atoms with van der Waals surface area (Å²) in [6.07, 6.45) is 44.8. The van der Waals surface area contributed by atoms with E-state index in [9.17, 15) is 45.6 Å². The van der Waals surface area contributed by atoms with Crippen LogP contribution in [-0.4, -0.2) is 140 Å². The van der Waals surface area contributed by atoms with Crippen molar-refractivity contribution in [1.29, 1.82) is 0 Å². The van der Waals surface area contributed by atoms with E-state index in [-0.39, 0.29) is 12.5 Å². The Morgan fingerprint density at radius 3 is 1.39 bits per heavy atom. The molecule has 76 heavy (non-hydrogen) atoms. The van der Waals surface area contributed by atoms with Crippen molar-refractivity contribution in [3.05, 3.63) is 72.9 Å². The normalized spacial score (nSPS) is 25.4. The predicted octanol–water partition coefficient (Wildman–Crippen LogP) is 10.3. The number of nitrogens with one attached hydrogen (secondary N) is 1. The Morgan fingerprint density at radius 2 is 0.908 bits per heavy atom. The Labute approximate surface area is 459 Å². The van der Waals surface area contributed by atoms with Crippen LogP contribution in [0.2, 0.25) is 0 Å². The van der Waals surface area contributed by atoms with Gasteiger partial charge in [0.05, 0.1) is 32.0 Å². The quantitative estimate of drug-likeness (QED) is 0.0204. The van der Waals surface area contributed by atoms with Crippen molar-refractivity contribution in [1.82, 2.24) is 5.32 Å². The molecule has 0 aromatic rings. The second kappa shape index (κ2) is 47.3. The van der Waals surface area contributed by atoms with Gasteiger partial charge in [0, 0.05) is 6.42 Å². The van der Waals surface area contributed by atoms with Crippen molar-refractivity contribution < 1.29 is 64.6 Å². The molecule has 0 spiro atoms. The van der Waals surface area contributed by atoms with Crippen LogP contribution in [0.3, 0.4) is 0 Å². The number of hydrogen-bond donors (Lipinski definition) is 9. The molecule has 2 saturated heterocycles. The molecule has 0 radical (unpaired) electrons. The molecule has 2 aliphatic heterocycles. The fourth-order valence-corrected chi connectivity index (χ4v) is 9.59. The van der Waals surface area contributed by atoms with Crippen molar-refractivity contribution in [3.63, 3.8) is 0 Å². The smallest absolute Gasteiger partial charge is 0.220 e. The first-order valence-corrected chi connectivity index (χ1v) is 30.2. The maximum atomic E-state index is 13.3. The molecule has 2 heterocycles. The highest BCUT2D eigenvalue weighted by Crippen LogP contribution is 2.30. The molecule has 440 valence electrons. The van der Waals surface area contributed by atoms with E-state index in [0.717, 1.165) is 96.3 Å². The Morgan fingerprint density at radius 1 is 0.487 bits per heavy atom. The van der Waals surface area contributed by atoms with Gasteiger partial charge in [0.1, 0.15) is 48.8 Å². The van der Waals surface area contributed by atoms with Crippen molar-refractivity contribution in [2.45, 2.75) is 293 Å². The molecule has 2 rings (SSSR count). The van der Waals surface area contributed by atoms with Gasteiger partial charge in [0.2, 0.25) is 5.91 Å². The van der Waals surface area contributed by atoms with Gasteiger partial charge in [-0.3, -0.25) is 4.79 Å². The van der Waals surface area contributed by atoms with Gasteiger partial charge >= 0.3 is 0 Å². The molecule has 1 amide bonds. The minimum atomic E-state index is -1.78. The van der Waals surface area contributed by atoms with E-state index < -0.39 is 86.8 Å². The van der Waals surface area contributed by atoms with Crippen LogP contribution in [0.1, 0.15) is 219 Å². The zero-order valence-corrected chi connectivity index (χ0v) is 47.2. The van der Waals surface area contributed by atoms with Crippen molar-refractivity contribution in [3.8, 4) is 0 Å². The molecular formula is C62H109NO13. The summed E-state index contributed by atoms with van der Waals surface area (Å²) >= 11 is 0. The first-order valence-electron chi connectivity index (χ1n) is 30.2. The lowest BCUT2D eigenvalue weighted by molar-refractivity contribution is -0.359. The zero-order valence-electron chi connectivity index (χ0n) is 47.2. The summed E-state index contributed by atoms with van der Waals surface area (Å²) in [4.78, 5) is 13.3. The van der Waals surface area contributed by atoms with Crippen LogP contribution in [0.15, 0.2) is 72.9 Å². The van der Waals surface area contributed by atoms with Crippen LogP contribution >= 0.6 is 0 Å². The Hall–Kier alpha value is -2.57. The highest BCUT2D eigenvalue weighted by Gasteiger charge is 2.51. The molecule has 9 N–H and O–H groups in total. The number of allylic oxidation sites excluding steroid dienone is 12. The van der Waals surface area contributed by atoms with E-state index in [4.69, 9.17) is 18.9 Å². The molecule has 12 atom stereocenters. The molecule has 14 nitrogen and oxygen atoms in total. The van der Waals surface area contributed by atoms with Gasteiger partial charge in [-0.1, -0.05) is 222 Å². The lowest BCUT2D eigenvalue weighted by Crippen LogP contribution is -2.65. The topological polar surface area (TPSA) is 228 Å². The third-order valence-corrected chi connectivity index (χ3v) is 14.4. The highest BCUT2D eigenvalue weighted by atomic mass is 16.7. The minimum absolute atomic E-state index is 0.213. The number of ether oxygens (including phenoxy) is 4. The van der Waals surface area contributed by atoms with Crippen molar-refractivity contribution >= 4 is 5.91 Å². The van der Waals surface area contributed by atoms with Gasteiger partial charge in [0.25, 0.3) is 0 Å². The first-order chi connectivity index (χ1) is 37.1. The molecule has 2 fully saturated rings. The zero-order chi connectivity index (χ0) is 55.3.